The fourth-order valence-corrected chi connectivity index (χ4v) is 4.08. The highest BCUT2D eigenvalue weighted by atomic mass is 15.5. The Balaban J connectivity index is 2.10. The predicted octanol–water partition coefficient (Wildman–Crippen LogP) is 5.22. The minimum atomic E-state index is -0.834. The Kier molecular flexibility index (Phi) is 5.90. The largest absolute Gasteiger partial charge is 0.321 e. The monoisotopic (exact) mass is 404 g/mol. The number of nitrogens with zero attached hydrogens (tertiary/aromatic N) is 3. The molecule has 0 aliphatic rings. The molecular formula is C27H24N4. The van der Waals surface area contributed by atoms with E-state index in [9.17, 15) is 0 Å². The van der Waals surface area contributed by atoms with Crippen LogP contribution in [0.1, 0.15) is 22.3 Å². The molecule has 0 spiro atoms. The van der Waals surface area contributed by atoms with Crippen LogP contribution >= 0.6 is 0 Å². The summed E-state index contributed by atoms with van der Waals surface area (Å²) >= 11 is 0. The normalized spacial score (nSPS) is 11.7. The number of hydrogen-bond acceptors (Lipinski definition) is 3. The Morgan fingerprint density at radius 3 is 1.29 bits per heavy atom. The van der Waals surface area contributed by atoms with Gasteiger partial charge in [-0.2, -0.15) is 10.2 Å². The van der Waals surface area contributed by atoms with Crippen LogP contribution in [0.15, 0.2) is 132 Å². The summed E-state index contributed by atoms with van der Waals surface area (Å²) in [5.74, 6) is 6.49. The number of amidine groups is 1. The van der Waals surface area contributed by atoms with Gasteiger partial charge in [-0.3, -0.25) is 0 Å². The van der Waals surface area contributed by atoms with Crippen LogP contribution in [0, 0.1) is 0 Å². The summed E-state index contributed by atoms with van der Waals surface area (Å²) < 4.78 is 0. The standard InChI is InChI=1S/C27H24N4/c1-29-31(26(30-28)22-14-6-2-7-15-22)27(23-16-8-3-9-17-23,24-18-10-4-11-19-24)25-20-12-5-13-21-25/h2-21H,1,28H2/b30-26-. The summed E-state index contributed by atoms with van der Waals surface area (Å²) in [4.78, 5) is 0. The highest BCUT2D eigenvalue weighted by Crippen LogP contribution is 2.43. The van der Waals surface area contributed by atoms with E-state index in [0.717, 1.165) is 22.3 Å². The van der Waals surface area contributed by atoms with Crippen LogP contribution in [0.5, 0.6) is 0 Å². The van der Waals surface area contributed by atoms with E-state index in [0.29, 0.717) is 5.84 Å². The molecule has 2 N–H and O–H groups in total. The van der Waals surface area contributed by atoms with Crippen molar-refractivity contribution in [1.82, 2.24) is 5.01 Å². The minimum Gasteiger partial charge on any atom is -0.321 e. The third kappa shape index (κ3) is 3.60. The van der Waals surface area contributed by atoms with Gasteiger partial charge in [0.15, 0.2) is 5.84 Å². The lowest BCUT2D eigenvalue weighted by molar-refractivity contribution is 0.279. The molecule has 4 rings (SSSR count). The first-order valence-electron chi connectivity index (χ1n) is 10.1. The van der Waals surface area contributed by atoms with Crippen molar-refractivity contribution in [2.24, 2.45) is 16.0 Å². The van der Waals surface area contributed by atoms with Crippen molar-refractivity contribution in [3.63, 3.8) is 0 Å². The van der Waals surface area contributed by atoms with Crippen LogP contribution < -0.4 is 5.84 Å². The smallest absolute Gasteiger partial charge is 0.177 e. The van der Waals surface area contributed by atoms with Gasteiger partial charge in [0.2, 0.25) is 0 Å². The van der Waals surface area contributed by atoms with E-state index < -0.39 is 5.54 Å². The summed E-state index contributed by atoms with van der Waals surface area (Å²) in [7, 11) is 0. The van der Waals surface area contributed by atoms with Crippen molar-refractivity contribution in [3.05, 3.63) is 144 Å². The molecule has 0 heterocycles. The zero-order valence-corrected chi connectivity index (χ0v) is 17.2. The lowest BCUT2D eigenvalue weighted by Crippen LogP contribution is -2.49. The Morgan fingerprint density at radius 2 is 0.968 bits per heavy atom. The molecule has 0 bridgehead atoms. The summed E-state index contributed by atoms with van der Waals surface area (Å²) in [6, 6.07) is 40.6. The summed E-state index contributed by atoms with van der Waals surface area (Å²) in [6.07, 6.45) is 0. The molecule has 0 amide bonds. The molecule has 0 saturated heterocycles. The lowest BCUT2D eigenvalue weighted by Gasteiger charge is -2.43. The van der Waals surface area contributed by atoms with Gasteiger partial charge >= 0.3 is 0 Å². The predicted molar refractivity (Wildman–Crippen MR) is 128 cm³/mol. The van der Waals surface area contributed by atoms with Crippen LogP contribution in [0.25, 0.3) is 0 Å². The zero-order chi connectivity index (χ0) is 21.5. The van der Waals surface area contributed by atoms with E-state index in [1.165, 1.54) is 0 Å². The Hall–Kier alpha value is -4.18. The van der Waals surface area contributed by atoms with Crippen molar-refractivity contribution in [2.75, 3.05) is 0 Å². The van der Waals surface area contributed by atoms with E-state index in [-0.39, 0.29) is 0 Å². The van der Waals surface area contributed by atoms with Gasteiger partial charge in [-0.05, 0) is 16.7 Å². The Bertz CT molecular complexity index is 1040. The summed E-state index contributed by atoms with van der Waals surface area (Å²) in [5.41, 5.74) is 3.09. The molecule has 31 heavy (non-hydrogen) atoms. The first kappa shape index (κ1) is 20.1. The van der Waals surface area contributed by atoms with Gasteiger partial charge < -0.3 is 5.84 Å². The van der Waals surface area contributed by atoms with E-state index in [1.807, 2.05) is 89.9 Å². The molecule has 0 aliphatic heterocycles. The third-order valence-electron chi connectivity index (χ3n) is 5.39. The molecule has 0 atom stereocenters. The lowest BCUT2D eigenvalue weighted by atomic mass is 9.76. The molecule has 0 aliphatic carbocycles. The van der Waals surface area contributed by atoms with E-state index >= 15 is 0 Å². The molecule has 0 aromatic heterocycles. The molecule has 4 nitrogen and oxygen atoms in total. The van der Waals surface area contributed by atoms with Crippen LogP contribution in [0.3, 0.4) is 0 Å². The summed E-state index contributed by atoms with van der Waals surface area (Å²) in [5, 5.41) is 10.5. The zero-order valence-electron chi connectivity index (χ0n) is 17.2. The third-order valence-corrected chi connectivity index (χ3v) is 5.39. The van der Waals surface area contributed by atoms with Gasteiger partial charge in [-0.25, -0.2) is 5.01 Å². The fourth-order valence-electron chi connectivity index (χ4n) is 4.08. The second-order valence-electron chi connectivity index (χ2n) is 7.08. The Labute approximate surface area is 183 Å². The first-order chi connectivity index (χ1) is 15.3. The summed E-state index contributed by atoms with van der Waals surface area (Å²) in [6.45, 7) is 3.94. The maximum Gasteiger partial charge on any atom is 0.177 e. The number of benzene rings is 4. The molecule has 4 aromatic carbocycles. The molecule has 0 fully saturated rings. The van der Waals surface area contributed by atoms with E-state index in [4.69, 9.17) is 5.84 Å². The molecule has 0 saturated carbocycles. The minimum absolute atomic E-state index is 0.521. The molecular weight excluding hydrogens is 380 g/mol. The second kappa shape index (κ2) is 9.09. The van der Waals surface area contributed by atoms with Crippen LogP contribution in [0.4, 0.5) is 0 Å². The van der Waals surface area contributed by atoms with Gasteiger partial charge in [0.1, 0.15) is 5.54 Å². The van der Waals surface area contributed by atoms with Gasteiger partial charge in [0.25, 0.3) is 0 Å². The van der Waals surface area contributed by atoms with Gasteiger partial charge in [-0.15, -0.1) is 0 Å². The number of nitrogens with two attached hydrogens (primary N) is 1. The van der Waals surface area contributed by atoms with Crippen molar-refractivity contribution in [3.8, 4) is 0 Å². The SMILES string of the molecule is C=NN(/C(=N\N)c1ccccc1)C(c1ccccc1)(c1ccccc1)c1ccccc1. The molecule has 4 aromatic rings. The molecule has 4 heteroatoms. The van der Waals surface area contributed by atoms with Crippen molar-refractivity contribution in [1.29, 1.82) is 0 Å². The van der Waals surface area contributed by atoms with Crippen LogP contribution in [-0.4, -0.2) is 17.6 Å². The second-order valence-corrected chi connectivity index (χ2v) is 7.08. The molecule has 0 unspecified atom stereocenters. The number of rotatable bonds is 6. The number of hydrazone groups is 2. The topological polar surface area (TPSA) is 54.0 Å². The maximum absolute atomic E-state index is 5.97. The Morgan fingerprint density at radius 1 is 0.613 bits per heavy atom. The maximum atomic E-state index is 5.97. The van der Waals surface area contributed by atoms with Crippen molar-refractivity contribution < 1.29 is 0 Å². The van der Waals surface area contributed by atoms with Crippen molar-refractivity contribution >= 4 is 12.6 Å². The molecule has 0 radical (unpaired) electrons. The van der Waals surface area contributed by atoms with E-state index in [1.54, 1.807) is 0 Å². The van der Waals surface area contributed by atoms with Gasteiger partial charge in [0.05, 0.1) is 0 Å². The molecule has 152 valence electrons. The van der Waals surface area contributed by atoms with Crippen LogP contribution in [-0.2, 0) is 5.54 Å². The first-order valence-corrected chi connectivity index (χ1v) is 10.1. The van der Waals surface area contributed by atoms with Crippen molar-refractivity contribution in [2.45, 2.75) is 5.54 Å². The number of hydrogen-bond donors (Lipinski definition) is 1. The average Bonchev–Trinajstić information content (AvgIpc) is 2.86. The van der Waals surface area contributed by atoms with E-state index in [2.05, 4.69) is 53.3 Å². The fraction of sp³-hybridized carbons (Fsp3) is 0.0370. The van der Waals surface area contributed by atoms with Crippen LogP contribution in [0.2, 0.25) is 0 Å². The quantitative estimate of drug-likeness (QED) is 0.158. The highest BCUT2D eigenvalue weighted by molar-refractivity contribution is 5.99. The average molecular weight is 405 g/mol. The van der Waals surface area contributed by atoms with Gasteiger partial charge in [0, 0.05) is 12.3 Å². The highest BCUT2D eigenvalue weighted by Gasteiger charge is 2.44. The van der Waals surface area contributed by atoms with Gasteiger partial charge in [-0.1, -0.05) is 121 Å².